The number of carbonyl (C=O) groups is 1. The molecule has 17 heavy (non-hydrogen) atoms. The van der Waals surface area contributed by atoms with E-state index in [1.165, 1.54) is 0 Å². The van der Waals surface area contributed by atoms with Crippen LogP contribution in [0.3, 0.4) is 0 Å². The van der Waals surface area contributed by atoms with Gasteiger partial charge in [-0.15, -0.1) is 0 Å². The van der Waals surface area contributed by atoms with Crippen LogP contribution in [0.15, 0.2) is 30.3 Å². The summed E-state index contributed by atoms with van der Waals surface area (Å²) in [7, 11) is 0. The largest absolute Gasteiger partial charge is 0.460 e. The second-order valence-electron chi connectivity index (χ2n) is 4.48. The lowest BCUT2D eigenvalue weighted by Crippen LogP contribution is -2.36. The van der Waals surface area contributed by atoms with Crippen LogP contribution in [-0.2, 0) is 16.1 Å². The van der Waals surface area contributed by atoms with Crippen molar-refractivity contribution in [3.8, 4) is 0 Å². The lowest BCUT2D eigenvalue weighted by molar-refractivity contribution is -0.148. The van der Waals surface area contributed by atoms with Gasteiger partial charge in [-0.3, -0.25) is 4.79 Å². The van der Waals surface area contributed by atoms with Gasteiger partial charge in [-0.05, 0) is 24.4 Å². The number of carbonyl (C=O) groups excluding carboxylic acids is 1. The Labute approximate surface area is 102 Å². The van der Waals surface area contributed by atoms with Gasteiger partial charge in [-0.2, -0.15) is 0 Å². The lowest BCUT2D eigenvalue weighted by atomic mass is 9.98. The third-order valence-electron chi connectivity index (χ3n) is 3.35. The van der Waals surface area contributed by atoms with Crippen LogP contribution in [-0.4, -0.2) is 18.6 Å². The molecule has 3 heteroatoms. The van der Waals surface area contributed by atoms with E-state index in [-0.39, 0.29) is 12.0 Å². The first kappa shape index (κ1) is 12.1. The van der Waals surface area contributed by atoms with Crippen molar-refractivity contribution in [1.29, 1.82) is 0 Å². The van der Waals surface area contributed by atoms with E-state index in [1.54, 1.807) is 0 Å². The van der Waals surface area contributed by atoms with Crippen molar-refractivity contribution < 1.29 is 9.53 Å². The highest BCUT2D eigenvalue weighted by Crippen LogP contribution is 2.20. The van der Waals surface area contributed by atoms with Gasteiger partial charge in [0, 0.05) is 0 Å². The van der Waals surface area contributed by atoms with Crippen LogP contribution in [0.1, 0.15) is 25.3 Å². The molecule has 0 radical (unpaired) electrons. The first-order valence-electron chi connectivity index (χ1n) is 6.25. The molecule has 3 nitrogen and oxygen atoms in total. The Hall–Kier alpha value is -1.35. The molecule has 2 atom stereocenters. The number of rotatable bonds is 4. The second kappa shape index (κ2) is 5.82. The normalized spacial score (nSPS) is 23.6. The first-order chi connectivity index (χ1) is 8.31. The Balaban J connectivity index is 1.85. The SMILES string of the molecule is CC[C@@H]1CCN[C@@H]1C(=O)OCc1ccccc1. The van der Waals surface area contributed by atoms with Gasteiger partial charge in [0.1, 0.15) is 12.6 Å². The van der Waals surface area contributed by atoms with Crippen molar-refractivity contribution in [3.63, 3.8) is 0 Å². The van der Waals surface area contributed by atoms with Crippen LogP contribution in [0.4, 0.5) is 0 Å². The summed E-state index contributed by atoms with van der Waals surface area (Å²) in [5, 5.41) is 3.22. The van der Waals surface area contributed by atoms with E-state index in [1.807, 2.05) is 30.3 Å². The fraction of sp³-hybridized carbons (Fsp3) is 0.500. The average molecular weight is 233 g/mol. The number of hydrogen-bond donors (Lipinski definition) is 1. The molecule has 0 amide bonds. The Morgan fingerprint density at radius 3 is 2.88 bits per heavy atom. The zero-order chi connectivity index (χ0) is 12.1. The van der Waals surface area contributed by atoms with Gasteiger partial charge in [0.2, 0.25) is 0 Å². The van der Waals surface area contributed by atoms with Crippen LogP contribution < -0.4 is 5.32 Å². The average Bonchev–Trinajstić information content (AvgIpc) is 2.85. The molecule has 1 fully saturated rings. The number of esters is 1. The monoisotopic (exact) mass is 233 g/mol. The molecule has 0 unspecified atom stereocenters. The van der Waals surface area contributed by atoms with E-state index in [9.17, 15) is 4.79 Å². The summed E-state index contributed by atoms with van der Waals surface area (Å²) in [6, 6.07) is 9.68. The van der Waals surface area contributed by atoms with Crippen molar-refractivity contribution in [2.75, 3.05) is 6.54 Å². The van der Waals surface area contributed by atoms with Crippen molar-refractivity contribution in [1.82, 2.24) is 5.32 Å². The Morgan fingerprint density at radius 1 is 1.41 bits per heavy atom. The fourth-order valence-electron chi connectivity index (χ4n) is 2.29. The highest BCUT2D eigenvalue weighted by molar-refractivity contribution is 5.76. The van der Waals surface area contributed by atoms with Gasteiger partial charge < -0.3 is 10.1 Å². The maximum Gasteiger partial charge on any atom is 0.323 e. The van der Waals surface area contributed by atoms with Crippen LogP contribution >= 0.6 is 0 Å². The van der Waals surface area contributed by atoms with Gasteiger partial charge >= 0.3 is 5.97 Å². The van der Waals surface area contributed by atoms with Crippen LogP contribution in [0, 0.1) is 5.92 Å². The van der Waals surface area contributed by atoms with E-state index >= 15 is 0 Å². The molecule has 0 saturated carbocycles. The van der Waals surface area contributed by atoms with E-state index in [0.29, 0.717) is 12.5 Å². The molecule has 1 aromatic carbocycles. The summed E-state index contributed by atoms with van der Waals surface area (Å²) in [5.41, 5.74) is 1.03. The molecule has 1 heterocycles. The maximum atomic E-state index is 11.9. The molecule has 1 N–H and O–H groups in total. The molecular formula is C14H19NO2. The number of ether oxygens (including phenoxy) is 1. The Morgan fingerprint density at radius 2 is 2.18 bits per heavy atom. The number of nitrogens with one attached hydrogen (secondary N) is 1. The zero-order valence-corrected chi connectivity index (χ0v) is 10.2. The lowest BCUT2D eigenvalue weighted by Gasteiger charge is -2.16. The Bertz CT molecular complexity index is 364. The number of benzene rings is 1. The van der Waals surface area contributed by atoms with Crippen molar-refractivity contribution in [3.05, 3.63) is 35.9 Å². The smallest absolute Gasteiger partial charge is 0.323 e. The number of hydrogen-bond acceptors (Lipinski definition) is 3. The van der Waals surface area contributed by atoms with Crippen LogP contribution in [0.25, 0.3) is 0 Å². The first-order valence-corrected chi connectivity index (χ1v) is 6.25. The minimum absolute atomic E-state index is 0.108. The van der Waals surface area contributed by atoms with E-state index in [2.05, 4.69) is 12.2 Å². The molecule has 1 aliphatic heterocycles. The van der Waals surface area contributed by atoms with Gasteiger partial charge in [-0.25, -0.2) is 0 Å². The van der Waals surface area contributed by atoms with Crippen molar-refractivity contribution >= 4 is 5.97 Å². The van der Waals surface area contributed by atoms with Gasteiger partial charge in [0.25, 0.3) is 0 Å². The molecule has 0 aliphatic carbocycles. The Kier molecular flexibility index (Phi) is 4.15. The summed E-state index contributed by atoms with van der Waals surface area (Å²) in [5.74, 6) is 0.316. The summed E-state index contributed by atoms with van der Waals surface area (Å²) in [4.78, 5) is 11.9. The third kappa shape index (κ3) is 3.07. The minimum Gasteiger partial charge on any atom is -0.460 e. The predicted molar refractivity (Wildman–Crippen MR) is 66.4 cm³/mol. The standard InChI is InChI=1S/C14H19NO2/c1-2-12-8-9-15-13(12)14(16)17-10-11-6-4-3-5-7-11/h3-7,12-13,15H,2,8-10H2,1H3/t12-,13+/m1/s1. The van der Waals surface area contributed by atoms with Crippen molar-refractivity contribution in [2.24, 2.45) is 5.92 Å². The van der Waals surface area contributed by atoms with E-state index < -0.39 is 0 Å². The fourth-order valence-corrected chi connectivity index (χ4v) is 2.29. The topological polar surface area (TPSA) is 38.3 Å². The zero-order valence-electron chi connectivity index (χ0n) is 10.2. The molecule has 1 saturated heterocycles. The highest BCUT2D eigenvalue weighted by Gasteiger charge is 2.32. The van der Waals surface area contributed by atoms with Crippen molar-refractivity contribution in [2.45, 2.75) is 32.4 Å². The quantitative estimate of drug-likeness (QED) is 0.809. The summed E-state index contributed by atoms with van der Waals surface area (Å²) in [6.45, 7) is 3.41. The maximum absolute atomic E-state index is 11.9. The molecular weight excluding hydrogens is 214 g/mol. The highest BCUT2D eigenvalue weighted by atomic mass is 16.5. The molecule has 0 bridgehead atoms. The summed E-state index contributed by atoms with van der Waals surface area (Å²) in [6.07, 6.45) is 2.10. The second-order valence-corrected chi connectivity index (χ2v) is 4.48. The molecule has 1 aromatic rings. The molecule has 0 spiro atoms. The van der Waals surface area contributed by atoms with Gasteiger partial charge in [0.15, 0.2) is 0 Å². The van der Waals surface area contributed by atoms with E-state index in [0.717, 1.165) is 24.9 Å². The molecule has 2 rings (SSSR count). The van der Waals surface area contributed by atoms with Crippen LogP contribution in [0.5, 0.6) is 0 Å². The molecule has 1 aliphatic rings. The van der Waals surface area contributed by atoms with E-state index in [4.69, 9.17) is 4.74 Å². The third-order valence-corrected chi connectivity index (χ3v) is 3.35. The molecule has 92 valence electrons. The van der Waals surface area contributed by atoms with Gasteiger partial charge in [0.05, 0.1) is 0 Å². The summed E-state index contributed by atoms with van der Waals surface area (Å²) >= 11 is 0. The minimum atomic E-state index is -0.113. The predicted octanol–water partition coefficient (Wildman–Crippen LogP) is 2.12. The van der Waals surface area contributed by atoms with Crippen LogP contribution in [0.2, 0.25) is 0 Å². The molecule has 0 aromatic heterocycles. The van der Waals surface area contributed by atoms with Gasteiger partial charge in [-0.1, -0.05) is 43.7 Å². The summed E-state index contributed by atoms with van der Waals surface area (Å²) < 4.78 is 5.34.